The van der Waals surface area contributed by atoms with Crippen LogP contribution in [0.5, 0.6) is 0 Å². The topological polar surface area (TPSA) is 18.5 Å². The molecule has 90 valence electrons. The average molecular weight is 222 g/mol. The molecule has 1 fully saturated rings. The van der Waals surface area contributed by atoms with E-state index in [0.29, 0.717) is 0 Å². The third kappa shape index (κ3) is 2.66. The van der Waals surface area contributed by atoms with Gasteiger partial charge in [0.25, 0.3) is 0 Å². The fraction of sp³-hybridized carbons (Fsp3) is 0.714. The lowest BCUT2D eigenvalue weighted by Crippen LogP contribution is -2.51. The van der Waals surface area contributed by atoms with Gasteiger partial charge in [-0.3, -0.25) is 0 Å². The summed E-state index contributed by atoms with van der Waals surface area (Å²) in [6.45, 7) is 14.0. The van der Waals surface area contributed by atoms with Crippen molar-refractivity contribution in [3.63, 3.8) is 0 Å². The van der Waals surface area contributed by atoms with Crippen LogP contribution in [-0.2, 0) is 9.47 Å². The van der Waals surface area contributed by atoms with Gasteiger partial charge in [0, 0.05) is 11.8 Å². The summed E-state index contributed by atoms with van der Waals surface area (Å²) in [4.78, 5) is 0. The van der Waals surface area contributed by atoms with Crippen molar-refractivity contribution in [2.45, 2.75) is 52.6 Å². The molecule has 1 heterocycles. The van der Waals surface area contributed by atoms with E-state index in [-0.39, 0.29) is 24.0 Å². The van der Waals surface area contributed by atoms with Gasteiger partial charge < -0.3 is 9.47 Å². The number of hydrogen-bond acceptors (Lipinski definition) is 2. The zero-order valence-electron chi connectivity index (χ0n) is 10.9. The highest BCUT2D eigenvalue weighted by molar-refractivity contribution is 5.07. The highest BCUT2D eigenvalue weighted by Gasteiger charge is 2.42. The van der Waals surface area contributed by atoms with Crippen LogP contribution in [0.1, 0.15) is 34.6 Å². The fourth-order valence-corrected chi connectivity index (χ4v) is 2.07. The Hall–Kier alpha value is -0.780. The second kappa shape index (κ2) is 4.61. The Labute approximate surface area is 99.0 Å². The standard InChI is InChI=1S/C14H22O2/c1-8-12-11(5)13(10(4)9(2)3)16-14(6,7)15-12/h1,10-13H,2H2,3-7H3/t10-,11-,12-,13-/m0/s1. The van der Waals surface area contributed by atoms with Gasteiger partial charge in [0.15, 0.2) is 5.79 Å². The molecule has 0 amide bonds. The highest BCUT2D eigenvalue weighted by Crippen LogP contribution is 2.35. The number of rotatable bonds is 2. The largest absolute Gasteiger partial charge is 0.346 e. The minimum atomic E-state index is -0.613. The lowest BCUT2D eigenvalue weighted by atomic mass is 9.84. The number of ether oxygens (including phenoxy) is 2. The Morgan fingerprint density at radius 2 is 2.00 bits per heavy atom. The van der Waals surface area contributed by atoms with Crippen molar-refractivity contribution in [3.8, 4) is 12.3 Å². The monoisotopic (exact) mass is 222 g/mol. The maximum atomic E-state index is 5.96. The van der Waals surface area contributed by atoms with Gasteiger partial charge in [-0.1, -0.05) is 31.9 Å². The molecule has 0 aromatic rings. The van der Waals surface area contributed by atoms with Gasteiger partial charge in [0.05, 0.1) is 6.10 Å². The second-order valence-electron chi connectivity index (χ2n) is 5.18. The van der Waals surface area contributed by atoms with Crippen molar-refractivity contribution in [1.29, 1.82) is 0 Å². The Morgan fingerprint density at radius 1 is 1.44 bits per heavy atom. The van der Waals surface area contributed by atoms with Gasteiger partial charge in [-0.15, -0.1) is 6.42 Å². The maximum absolute atomic E-state index is 5.96. The van der Waals surface area contributed by atoms with Gasteiger partial charge in [0.2, 0.25) is 0 Å². The van der Waals surface area contributed by atoms with Crippen LogP contribution in [0.15, 0.2) is 12.2 Å². The van der Waals surface area contributed by atoms with Gasteiger partial charge in [-0.2, -0.15) is 0 Å². The molecule has 0 spiro atoms. The molecule has 1 aliphatic rings. The summed E-state index contributed by atoms with van der Waals surface area (Å²) in [5, 5.41) is 0. The molecule has 0 bridgehead atoms. The second-order valence-corrected chi connectivity index (χ2v) is 5.18. The third-order valence-corrected chi connectivity index (χ3v) is 3.26. The molecule has 0 aromatic heterocycles. The van der Waals surface area contributed by atoms with Crippen LogP contribution in [0, 0.1) is 24.2 Å². The Kier molecular flexibility index (Phi) is 3.83. The van der Waals surface area contributed by atoms with Crippen LogP contribution in [0.3, 0.4) is 0 Å². The van der Waals surface area contributed by atoms with Gasteiger partial charge in [0.1, 0.15) is 6.10 Å². The van der Waals surface area contributed by atoms with E-state index in [1.165, 1.54) is 0 Å². The number of terminal acetylenes is 1. The highest BCUT2D eigenvalue weighted by atomic mass is 16.7. The summed E-state index contributed by atoms with van der Waals surface area (Å²) >= 11 is 0. The van der Waals surface area contributed by atoms with E-state index in [0.717, 1.165) is 5.57 Å². The van der Waals surface area contributed by atoms with E-state index in [1.54, 1.807) is 0 Å². The molecule has 2 heteroatoms. The van der Waals surface area contributed by atoms with Crippen molar-refractivity contribution >= 4 is 0 Å². The van der Waals surface area contributed by atoms with Crippen molar-refractivity contribution in [2.24, 2.45) is 11.8 Å². The average Bonchev–Trinajstić information content (AvgIpc) is 2.19. The Balaban J connectivity index is 2.91. The first kappa shape index (κ1) is 13.3. The minimum Gasteiger partial charge on any atom is -0.346 e. The molecule has 16 heavy (non-hydrogen) atoms. The smallest absolute Gasteiger partial charge is 0.164 e. The molecular formula is C14H22O2. The van der Waals surface area contributed by atoms with Crippen LogP contribution < -0.4 is 0 Å². The zero-order valence-corrected chi connectivity index (χ0v) is 10.9. The van der Waals surface area contributed by atoms with E-state index in [9.17, 15) is 0 Å². The fourth-order valence-electron chi connectivity index (χ4n) is 2.07. The molecule has 1 rings (SSSR count). The molecule has 1 aliphatic heterocycles. The molecule has 4 atom stereocenters. The first-order chi connectivity index (χ1) is 7.28. The first-order valence-corrected chi connectivity index (χ1v) is 5.75. The number of hydrogen-bond donors (Lipinski definition) is 0. The van der Waals surface area contributed by atoms with E-state index in [4.69, 9.17) is 15.9 Å². The summed E-state index contributed by atoms with van der Waals surface area (Å²) in [6.07, 6.45) is 5.39. The normalized spacial score (nSPS) is 35.1. The zero-order chi connectivity index (χ0) is 12.5. The van der Waals surface area contributed by atoms with Crippen LogP contribution in [0.25, 0.3) is 0 Å². The predicted molar refractivity (Wildman–Crippen MR) is 65.8 cm³/mol. The molecule has 0 unspecified atom stereocenters. The predicted octanol–water partition coefficient (Wildman–Crippen LogP) is 2.99. The van der Waals surface area contributed by atoms with E-state index < -0.39 is 5.79 Å². The van der Waals surface area contributed by atoms with Crippen molar-refractivity contribution < 1.29 is 9.47 Å². The van der Waals surface area contributed by atoms with Crippen molar-refractivity contribution in [2.75, 3.05) is 0 Å². The molecule has 0 radical (unpaired) electrons. The molecule has 0 aromatic carbocycles. The SMILES string of the molecule is C#C[C@@H]1OC(C)(C)O[C@@H]([C@@H](C)C(=C)C)[C@H]1C. The molecule has 0 aliphatic carbocycles. The van der Waals surface area contributed by atoms with E-state index in [2.05, 4.69) is 26.3 Å². The Morgan fingerprint density at radius 3 is 2.44 bits per heavy atom. The summed E-state index contributed by atoms with van der Waals surface area (Å²) in [5.74, 6) is 2.56. The molecule has 2 nitrogen and oxygen atoms in total. The van der Waals surface area contributed by atoms with Crippen LogP contribution >= 0.6 is 0 Å². The molecule has 0 saturated carbocycles. The lowest BCUT2D eigenvalue weighted by Gasteiger charge is -2.45. The summed E-state index contributed by atoms with van der Waals surface area (Å²) < 4.78 is 11.7. The van der Waals surface area contributed by atoms with Gasteiger partial charge in [-0.05, 0) is 20.8 Å². The quantitative estimate of drug-likeness (QED) is 0.528. The molecular weight excluding hydrogens is 200 g/mol. The molecule has 1 saturated heterocycles. The maximum Gasteiger partial charge on any atom is 0.164 e. The molecule has 0 N–H and O–H groups in total. The summed E-state index contributed by atoms with van der Waals surface area (Å²) in [6, 6.07) is 0. The third-order valence-electron chi connectivity index (χ3n) is 3.26. The van der Waals surface area contributed by atoms with Crippen molar-refractivity contribution in [1.82, 2.24) is 0 Å². The van der Waals surface area contributed by atoms with Gasteiger partial charge >= 0.3 is 0 Å². The van der Waals surface area contributed by atoms with Crippen LogP contribution in [0.4, 0.5) is 0 Å². The summed E-state index contributed by atoms with van der Waals surface area (Å²) in [5.41, 5.74) is 1.12. The van der Waals surface area contributed by atoms with Crippen LogP contribution in [0.2, 0.25) is 0 Å². The summed E-state index contributed by atoms with van der Waals surface area (Å²) in [7, 11) is 0. The van der Waals surface area contributed by atoms with Crippen molar-refractivity contribution in [3.05, 3.63) is 12.2 Å². The van der Waals surface area contributed by atoms with E-state index in [1.807, 2.05) is 20.8 Å². The minimum absolute atomic E-state index is 0.0716. The van der Waals surface area contributed by atoms with Gasteiger partial charge in [-0.25, -0.2) is 0 Å². The van der Waals surface area contributed by atoms with Crippen LogP contribution in [-0.4, -0.2) is 18.0 Å². The van der Waals surface area contributed by atoms with E-state index >= 15 is 0 Å². The first-order valence-electron chi connectivity index (χ1n) is 5.75. The lowest BCUT2D eigenvalue weighted by molar-refractivity contribution is -0.313. The Bertz CT molecular complexity index is 311.